The molecule has 1 N–H and O–H groups in total. The van der Waals surface area contributed by atoms with Gasteiger partial charge < -0.3 is 19.3 Å². The molecular formula is C20H23F2N3O4. The number of hydrogen-bond acceptors (Lipinski definition) is 6. The van der Waals surface area contributed by atoms with E-state index in [4.69, 9.17) is 9.26 Å². The summed E-state index contributed by atoms with van der Waals surface area (Å²) >= 11 is 0. The maximum Gasteiger partial charge on any atom is 0.387 e. The van der Waals surface area contributed by atoms with Crippen molar-refractivity contribution < 1.29 is 27.6 Å². The molecule has 156 valence electrons. The second kappa shape index (κ2) is 9.02. The number of aryl methyl sites for hydroxylation is 1. The molecule has 0 aliphatic heterocycles. The Labute approximate surface area is 167 Å². The van der Waals surface area contributed by atoms with E-state index in [1.165, 1.54) is 25.3 Å². The minimum atomic E-state index is -3.01. The summed E-state index contributed by atoms with van der Waals surface area (Å²) in [5.74, 6) is 0.522. The number of carbonyl (C=O) groups is 1. The summed E-state index contributed by atoms with van der Waals surface area (Å²) in [5, 5.41) is 7.00. The fourth-order valence-corrected chi connectivity index (χ4v) is 3.54. The van der Waals surface area contributed by atoms with Crippen LogP contribution in [0.25, 0.3) is 6.08 Å². The van der Waals surface area contributed by atoms with Crippen molar-refractivity contribution in [3.05, 3.63) is 41.6 Å². The third-order valence-corrected chi connectivity index (χ3v) is 4.88. The monoisotopic (exact) mass is 407 g/mol. The molecule has 7 nitrogen and oxygen atoms in total. The van der Waals surface area contributed by atoms with Crippen LogP contribution in [0.3, 0.4) is 0 Å². The number of nitrogens with one attached hydrogen (secondary N) is 1. The lowest BCUT2D eigenvalue weighted by molar-refractivity contribution is -0.119. The zero-order valence-corrected chi connectivity index (χ0v) is 16.3. The van der Waals surface area contributed by atoms with Crippen molar-refractivity contribution in [3.63, 3.8) is 0 Å². The van der Waals surface area contributed by atoms with Gasteiger partial charge in [0.05, 0.1) is 7.11 Å². The highest BCUT2D eigenvalue weighted by atomic mass is 19.3. The molecule has 0 radical (unpaired) electrons. The van der Waals surface area contributed by atoms with Gasteiger partial charge >= 0.3 is 6.61 Å². The smallest absolute Gasteiger partial charge is 0.387 e. The number of alkyl halides is 2. The van der Waals surface area contributed by atoms with Gasteiger partial charge in [-0.2, -0.15) is 13.8 Å². The molecule has 0 saturated heterocycles. The number of rotatable bonds is 7. The molecule has 0 bridgehead atoms. The van der Waals surface area contributed by atoms with Gasteiger partial charge in [-0.3, -0.25) is 4.79 Å². The van der Waals surface area contributed by atoms with Crippen LogP contribution in [0.4, 0.5) is 8.78 Å². The lowest BCUT2D eigenvalue weighted by Gasteiger charge is -2.34. The topological polar surface area (TPSA) is 86.5 Å². The van der Waals surface area contributed by atoms with E-state index in [0.29, 0.717) is 30.1 Å². The molecule has 1 saturated carbocycles. The molecule has 1 aromatic carbocycles. The van der Waals surface area contributed by atoms with Crippen LogP contribution in [0.5, 0.6) is 11.5 Å². The fourth-order valence-electron chi connectivity index (χ4n) is 3.54. The van der Waals surface area contributed by atoms with Gasteiger partial charge in [0.2, 0.25) is 11.8 Å². The SMILES string of the molecule is COc1cccc(/C=C/C(=O)NC2(c3noc(C)n3)CCCCC2)c1OC(F)F. The molecule has 9 heteroatoms. The molecule has 1 aliphatic carbocycles. The first kappa shape index (κ1) is 20.8. The van der Waals surface area contributed by atoms with Crippen LogP contribution in [0.1, 0.15) is 49.4 Å². The maximum absolute atomic E-state index is 12.8. The maximum atomic E-state index is 12.8. The van der Waals surface area contributed by atoms with E-state index in [-0.39, 0.29) is 17.4 Å². The molecule has 1 aliphatic rings. The molecule has 1 amide bonds. The van der Waals surface area contributed by atoms with E-state index in [1.807, 2.05) is 0 Å². The number of halogens is 2. The number of ether oxygens (including phenoxy) is 2. The first-order valence-corrected chi connectivity index (χ1v) is 9.36. The van der Waals surface area contributed by atoms with Crippen LogP contribution in [0, 0.1) is 6.92 Å². The Morgan fingerprint density at radius 3 is 2.69 bits per heavy atom. The average Bonchev–Trinajstić information content (AvgIpc) is 3.14. The van der Waals surface area contributed by atoms with Gasteiger partial charge in [0.1, 0.15) is 5.54 Å². The molecule has 1 fully saturated rings. The predicted molar refractivity (Wildman–Crippen MR) is 101 cm³/mol. The second-order valence-electron chi connectivity index (χ2n) is 6.86. The van der Waals surface area contributed by atoms with Crippen molar-refractivity contribution in [2.75, 3.05) is 7.11 Å². The van der Waals surface area contributed by atoms with Crippen molar-refractivity contribution in [2.45, 2.75) is 51.2 Å². The Balaban J connectivity index is 1.81. The van der Waals surface area contributed by atoms with Crippen molar-refractivity contribution >= 4 is 12.0 Å². The number of hydrogen-bond donors (Lipinski definition) is 1. The number of aromatic nitrogens is 2. The van der Waals surface area contributed by atoms with Crippen LogP contribution < -0.4 is 14.8 Å². The van der Waals surface area contributed by atoms with Gasteiger partial charge in [-0.15, -0.1) is 0 Å². The standard InChI is InChI=1S/C20H23F2N3O4/c1-13-23-18(25-29-13)20(11-4-3-5-12-20)24-16(26)10-9-14-7-6-8-15(27-2)17(14)28-19(21)22/h6-10,19H,3-5,11-12H2,1-2H3,(H,24,26)/b10-9+. The van der Waals surface area contributed by atoms with Crippen molar-refractivity contribution in [3.8, 4) is 11.5 Å². The first-order chi connectivity index (χ1) is 13.9. The van der Waals surface area contributed by atoms with Gasteiger partial charge in [0.25, 0.3) is 0 Å². The quantitative estimate of drug-likeness (QED) is 0.699. The minimum absolute atomic E-state index is 0.129. The van der Waals surface area contributed by atoms with Crippen molar-refractivity contribution in [2.24, 2.45) is 0 Å². The lowest BCUT2D eigenvalue weighted by atomic mass is 9.81. The third-order valence-electron chi connectivity index (χ3n) is 4.88. The highest BCUT2D eigenvalue weighted by Gasteiger charge is 2.39. The summed E-state index contributed by atoms with van der Waals surface area (Å²) in [6, 6.07) is 4.69. The second-order valence-corrected chi connectivity index (χ2v) is 6.86. The van der Waals surface area contributed by atoms with E-state index in [0.717, 1.165) is 19.3 Å². The number of methoxy groups -OCH3 is 1. The summed E-state index contributed by atoms with van der Waals surface area (Å²) in [5.41, 5.74) is -0.401. The van der Waals surface area contributed by atoms with E-state index in [1.54, 1.807) is 19.1 Å². The van der Waals surface area contributed by atoms with Gasteiger partial charge in [-0.05, 0) is 25.0 Å². The number of benzene rings is 1. The van der Waals surface area contributed by atoms with Crippen molar-refractivity contribution in [1.82, 2.24) is 15.5 Å². The number of nitrogens with zero attached hydrogens (tertiary/aromatic N) is 2. The van der Waals surface area contributed by atoms with Crippen LogP contribution >= 0.6 is 0 Å². The Bertz CT molecular complexity index is 876. The Morgan fingerprint density at radius 2 is 2.07 bits per heavy atom. The van der Waals surface area contributed by atoms with Crippen LogP contribution in [0.15, 0.2) is 28.8 Å². The van der Waals surface area contributed by atoms with Crippen LogP contribution in [0.2, 0.25) is 0 Å². The predicted octanol–water partition coefficient (Wildman–Crippen LogP) is 3.98. The van der Waals surface area contributed by atoms with Gasteiger partial charge in [0.15, 0.2) is 17.3 Å². The molecule has 0 atom stereocenters. The first-order valence-electron chi connectivity index (χ1n) is 9.36. The van der Waals surface area contributed by atoms with Crippen LogP contribution in [-0.4, -0.2) is 29.8 Å². The molecule has 0 unspecified atom stereocenters. The van der Waals surface area contributed by atoms with Crippen molar-refractivity contribution in [1.29, 1.82) is 0 Å². The Hall–Kier alpha value is -2.97. The van der Waals surface area contributed by atoms with Gasteiger partial charge in [-0.1, -0.05) is 36.6 Å². The zero-order chi connectivity index (χ0) is 20.9. The van der Waals surface area contributed by atoms with E-state index in [2.05, 4.69) is 20.2 Å². The summed E-state index contributed by atoms with van der Waals surface area (Å²) in [6.45, 7) is -1.32. The summed E-state index contributed by atoms with van der Waals surface area (Å²) in [7, 11) is 1.35. The molecular weight excluding hydrogens is 384 g/mol. The molecule has 3 rings (SSSR count). The number of amides is 1. The number of carbonyl (C=O) groups excluding carboxylic acids is 1. The number of para-hydroxylation sites is 1. The molecule has 29 heavy (non-hydrogen) atoms. The summed E-state index contributed by atoms with van der Waals surface area (Å²) < 4.78 is 40.3. The van der Waals surface area contributed by atoms with Gasteiger partial charge in [0, 0.05) is 18.6 Å². The lowest BCUT2D eigenvalue weighted by Crippen LogP contribution is -2.47. The highest BCUT2D eigenvalue weighted by Crippen LogP contribution is 2.36. The van der Waals surface area contributed by atoms with E-state index in [9.17, 15) is 13.6 Å². The largest absolute Gasteiger partial charge is 0.493 e. The molecule has 0 spiro atoms. The van der Waals surface area contributed by atoms with E-state index >= 15 is 0 Å². The van der Waals surface area contributed by atoms with Gasteiger partial charge in [-0.25, -0.2) is 0 Å². The van der Waals surface area contributed by atoms with Crippen LogP contribution in [-0.2, 0) is 10.3 Å². The molecule has 1 heterocycles. The fraction of sp³-hybridized carbons (Fsp3) is 0.450. The average molecular weight is 407 g/mol. The third kappa shape index (κ3) is 4.90. The minimum Gasteiger partial charge on any atom is -0.493 e. The Kier molecular flexibility index (Phi) is 6.46. The highest BCUT2D eigenvalue weighted by molar-refractivity contribution is 5.92. The molecule has 2 aromatic rings. The summed E-state index contributed by atoms with van der Waals surface area (Å²) in [6.07, 6.45) is 7.01. The summed E-state index contributed by atoms with van der Waals surface area (Å²) in [4.78, 5) is 17.0. The Morgan fingerprint density at radius 1 is 1.31 bits per heavy atom. The normalized spacial score (nSPS) is 16.2. The molecule has 1 aromatic heterocycles. The van der Waals surface area contributed by atoms with E-state index < -0.39 is 12.2 Å². The zero-order valence-electron chi connectivity index (χ0n) is 16.3.